The second-order valence-electron chi connectivity index (χ2n) is 5.31. The second-order valence-corrected chi connectivity index (χ2v) is 5.31. The smallest absolute Gasteiger partial charge is 0.387 e. The number of hydrogen-bond acceptors (Lipinski definition) is 3. The Morgan fingerprint density at radius 1 is 1.20 bits per heavy atom. The Hall–Kier alpha value is -1.20. The Balaban J connectivity index is 1.99. The molecule has 1 aliphatic carbocycles. The van der Waals surface area contributed by atoms with E-state index in [0.717, 1.165) is 31.2 Å². The summed E-state index contributed by atoms with van der Waals surface area (Å²) in [4.78, 5) is 0. The van der Waals surface area contributed by atoms with E-state index in [2.05, 4.69) is 10.1 Å². The van der Waals surface area contributed by atoms with Crippen LogP contribution >= 0.6 is 0 Å². The summed E-state index contributed by atoms with van der Waals surface area (Å²) in [6, 6.07) is 7.11. The van der Waals surface area contributed by atoms with Crippen molar-refractivity contribution in [2.45, 2.75) is 57.4 Å². The largest absolute Gasteiger partial charge is 0.434 e. The van der Waals surface area contributed by atoms with Gasteiger partial charge in [0.1, 0.15) is 5.75 Å². The van der Waals surface area contributed by atoms with Gasteiger partial charge in [-0.15, -0.1) is 0 Å². The maximum Gasteiger partial charge on any atom is 0.387 e. The average molecular weight is 285 g/mol. The molecular formula is C15H21F2NO2. The molecule has 0 amide bonds. The minimum Gasteiger partial charge on any atom is -0.434 e. The second kappa shape index (κ2) is 6.99. The molecule has 1 saturated carbocycles. The highest BCUT2D eigenvalue weighted by Gasteiger charge is 2.22. The van der Waals surface area contributed by atoms with Crippen LogP contribution < -0.4 is 10.1 Å². The van der Waals surface area contributed by atoms with Crippen LogP contribution in [0.15, 0.2) is 24.3 Å². The first-order chi connectivity index (χ1) is 9.56. The van der Waals surface area contributed by atoms with Gasteiger partial charge < -0.3 is 15.2 Å². The van der Waals surface area contributed by atoms with Gasteiger partial charge in [0.25, 0.3) is 0 Å². The third-order valence-electron chi connectivity index (χ3n) is 3.78. The van der Waals surface area contributed by atoms with Crippen LogP contribution in [0.4, 0.5) is 8.78 Å². The molecule has 0 spiro atoms. The van der Waals surface area contributed by atoms with Crippen LogP contribution in [0.3, 0.4) is 0 Å². The zero-order valence-corrected chi connectivity index (χ0v) is 11.6. The molecule has 1 fully saturated rings. The molecule has 0 saturated heterocycles. The first-order valence-electron chi connectivity index (χ1n) is 7.04. The number of halogens is 2. The Morgan fingerprint density at radius 2 is 1.85 bits per heavy atom. The van der Waals surface area contributed by atoms with Crippen molar-refractivity contribution in [1.29, 1.82) is 0 Å². The maximum absolute atomic E-state index is 12.4. The lowest BCUT2D eigenvalue weighted by Gasteiger charge is -2.29. The van der Waals surface area contributed by atoms with Crippen molar-refractivity contribution >= 4 is 0 Å². The molecule has 2 rings (SSSR count). The SMILES string of the molecule is CC(NC1CCC(O)CC1)c1ccccc1OC(F)F. The maximum atomic E-state index is 12.4. The molecule has 0 aliphatic heterocycles. The van der Waals surface area contributed by atoms with Gasteiger partial charge in [0.2, 0.25) is 0 Å². The normalized spacial score (nSPS) is 24.6. The number of alkyl halides is 2. The van der Waals surface area contributed by atoms with Gasteiger partial charge in [-0.25, -0.2) is 0 Å². The Morgan fingerprint density at radius 3 is 2.50 bits per heavy atom. The van der Waals surface area contributed by atoms with Crippen molar-refractivity contribution in [3.63, 3.8) is 0 Å². The average Bonchev–Trinajstić information content (AvgIpc) is 2.41. The number of rotatable bonds is 5. The molecule has 3 nitrogen and oxygen atoms in total. The zero-order chi connectivity index (χ0) is 14.5. The van der Waals surface area contributed by atoms with E-state index in [1.54, 1.807) is 18.2 Å². The van der Waals surface area contributed by atoms with Crippen LogP contribution in [-0.2, 0) is 0 Å². The van der Waals surface area contributed by atoms with Crippen molar-refractivity contribution in [2.75, 3.05) is 0 Å². The lowest BCUT2D eigenvalue weighted by molar-refractivity contribution is -0.0507. The number of nitrogens with one attached hydrogen (secondary N) is 1. The van der Waals surface area contributed by atoms with Crippen molar-refractivity contribution < 1.29 is 18.6 Å². The van der Waals surface area contributed by atoms with E-state index in [1.165, 1.54) is 0 Å². The predicted octanol–water partition coefficient (Wildman–Crippen LogP) is 3.24. The van der Waals surface area contributed by atoms with E-state index < -0.39 is 6.61 Å². The minimum atomic E-state index is -2.81. The summed E-state index contributed by atoms with van der Waals surface area (Å²) < 4.78 is 29.3. The topological polar surface area (TPSA) is 41.5 Å². The molecule has 0 radical (unpaired) electrons. The Kier molecular flexibility index (Phi) is 5.31. The lowest BCUT2D eigenvalue weighted by atomic mass is 9.92. The molecule has 112 valence electrons. The zero-order valence-electron chi connectivity index (χ0n) is 11.6. The summed E-state index contributed by atoms with van der Waals surface area (Å²) in [5, 5.41) is 12.9. The van der Waals surface area contributed by atoms with E-state index in [-0.39, 0.29) is 17.9 Å². The molecule has 1 atom stereocenters. The highest BCUT2D eigenvalue weighted by atomic mass is 19.3. The monoisotopic (exact) mass is 285 g/mol. The molecule has 0 aromatic heterocycles. The van der Waals surface area contributed by atoms with Crippen LogP contribution in [-0.4, -0.2) is 23.9 Å². The van der Waals surface area contributed by atoms with Crippen molar-refractivity contribution in [2.24, 2.45) is 0 Å². The molecule has 1 aliphatic rings. The van der Waals surface area contributed by atoms with Gasteiger partial charge in [0.05, 0.1) is 6.10 Å². The van der Waals surface area contributed by atoms with Crippen LogP contribution in [0.2, 0.25) is 0 Å². The fourth-order valence-electron chi connectivity index (χ4n) is 2.73. The van der Waals surface area contributed by atoms with Crippen molar-refractivity contribution in [3.8, 4) is 5.75 Å². The Bertz CT molecular complexity index is 420. The van der Waals surface area contributed by atoms with E-state index >= 15 is 0 Å². The molecule has 1 aromatic rings. The van der Waals surface area contributed by atoms with Gasteiger partial charge in [-0.1, -0.05) is 18.2 Å². The fourth-order valence-corrected chi connectivity index (χ4v) is 2.73. The van der Waals surface area contributed by atoms with Gasteiger partial charge in [0, 0.05) is 17.6 Å². The molecule has 0 bridgehead atoms. The first-order valence-corrected chi connectivity index (χ1v) is 7.04. The van der Waals surface area contributed by atoms with E-state index in [4.69, 9.17) is 0 Å². The highest BCUT2D eigenvalue weighted by Crippen LogP contribution is 2.28. The molecule has 5 heteroatoms. The Labute approximate surface area is 117 Å². The lowest BCUT2D eigenvalue weighted by Crippen LogP contribution is -2.36. The highest BCUT2D eigenvalue weighted by molar-refractivity contribution is 5.35. The summed E-state index contributed by atoms with van der Waals surface area (Å²) in [7, 11) is 0. The number of hydrogen-bond donors (Lipinski definition) is 2. The standard InChI is InChI=1S/C15H21F2NO2/c1-10(18-11-6-8-12(19)9-7-11)13-4-2-3-5-14(13)20-15(16)17/h2-5,10-12,15,18-19H,6-9H2,1H3. The fraction of sp³-hybridized carbons (Fsp3) is 0.600. The van der Waals surface area contributed by atoms with Crippen LogP contribution in [0.25, 0.3) is 0 Å². The number of aliphatic hydroxyl groups is 1. The summed E-state index contributed by atoms with van der Waals surface area (Å²) in [5.41, 5.74) is 0.735. The van der Waals surface area contributed by atoms with Gasteiger partial charge in [0.15, 0.2) is 0 Å². The molecule has 2 N–H and O–H groups in total. The van der Waals surface area contributed by atoms with Gasteiger partial charge >= 0.3 is 6.61 Å². The third-order valence-corrected chi connectivity index (χ3v) is 3.78. The van der Waals surface area contributed by atoms with Crippen LogP contribution in [0.1, 0.15) is 44.2 Å². The predicted molar refractivity (Wildman–Crippen MR) is 72.9 cm³/mol. The quantitative estimate of drug-likeness (QED) is 0.872. The molecular weight excluding hydrogens is 264 g/mol. The molecule has 20 heavy (non-hydrogen) atoms. The first kappa shape index (κ1) is 15.2. The van der Waals surface area contributed by atoms with E-state index in [9.17, 15) is 13.9 Å². The summed E-state index contributed by atoms with van der Waals surface area (Å²) in [5.74, 6) is 0.221. The van der Waals surface area contributed by atoms with E-state index in [1.807, 2.05) is 13.0 Å². The summed E-state index contributed by atoms with van der Waals surface area (Å²) >= 11 is 0. The van der Waals surface area contributed by atoms with Crippen molar-refractivity contribution in [3.05, 3.63) is 29.8 Å². The summed E-state index contributed by atoms with van der Waals surface area (Å²) in [6.45, 7) is -0.869. The van der Waals surface area contributed by atoms with Gasteiger partial charge in [-0.3, -0.25) is 0 Å². The van der Waals surface area contributed by atoms with E-state index in [0.29, 0.717) is 6.04 Å². The summed E-state index contributed by atoms with van der Waals surface area (Å²) in [6.07, 6.45) is 3.20. The molecule has 0 heterocycles. The van der Waals surface area contributed by atoms with Gasteiger partial charge in [-0.2, -0.15) is 8.78 Å². The van der Waals surface area contributed by atoms with Gasteiger partial charge in [-0.05, 0) is 38.7 Å². The van der Waals surface area contributed by atoms with Crippen molar-refractivity contribution in [1.82, 2.24) is 5.32 Å². The number of para-hydroxylation sites is 1. The van der Waals surface area contributed by atoms with Crippen LogP contribution in [0, 0.1) is 0 Å². The molecule has 1 unspecified atom stereocenters. The third kappa shape index (κ3) is 4.15. The van der Waals surface area contributed by atoms with Crippen LogP contribution in [0.5, 0.6) is 5.75 Å². The molecule has 1 aromatic carbocycles. The number of benzene rings is 1. The number of aliphatic hydroxyl groups excluding tert-OH is 1. The minimum absolute atomic E-state index is 0.0646. The number of ether oxygens (including phenoxy) is 1.